The Bertz CT molecular complexity index is 7130. The summed E-state index contributed by atoms with van der Waals surface area (Å²) in [7, 11) is 0. The first-order valence-electron chi connectivity index (χ1n) is 35.7. The average molecular weight is 1420 g/mol. The minimum absolute atomic E-state index is 0.645. The molecule has 0 atom stereocenters. The van der Waals surface area contributed by atoms with Gasteiger partial charge in [-0.3, -0.25) is 0 Å². The Labute approximate surface area is 626 Å². The standard InChI is InChI=1S/C51H30N4S2.C45H28N4S/c1-3-11-31(12-4-1)49-52-50(32-13-5-2-6-14-32)54-51(53-49)35-21-25-47-41(29-35)42-30-36(22-26-48(42)57-47)55-43-17-9-7-15-37(43)39-27-33(19-23-44(39)55)34-20-24-46-40(28-34)38-16-8-10-18-45(38)56-46;1-3-12-29(13-4-1)43-46-44(30-14-5-2-6-15-30)48-45(47-43)31-22-25-33(26-23-31)49-39-20-9-7-16-35(39)38-28-32(24-27-40(38)49)34-18-11-19-37-36-17-8-10-21-41(36)50-42(34)37/h1-30H;1-28H. The zero-order valence-electron chi connectivity index (χ0n) is 57.3. The molecule has 7 heterocycles. The maximum absolute atomic E-state index is 5.03. The van der Waals surface area contributed by atoms with E-state index in [-0.39, 0.29) is 0 Å². The minimum atomic E-state index is 0.645. The molecule has 7 aromatic heterocycles. The Hall–Kier alpha value is -13.4. The largest absolute Gasteiger partial charge is 0.309 e. The smallest absolute Gasteiger partial charge is 0.164 e. The first kappa shape index (κ1) is 62.2. The molecule has 0 spiro atoms. The lowest BCUT2D eigenvalue weighted by Crippen LogP contribution is -2.00. The third-order valence-corrected chi connectivity index (χ3v) is 24.0. The zero-order chi connectivity index (χ0) is 70.5. The highest BCUT2D eigenvalue weighted by atomic mass is 32.1. The van der Waals surface area contributed by atoms with Gasteiger partial charge in [0.25, 0.3) is 0 Å². The Morgan fingerprint density at radius 3 is 1.03 bits per heavy atom. The van der Waals surface area contributed by atoms with Crippen LogP contribution in [-0.4, -0.2) is 39.0 Å². The molecule has 22 rings (SSSR count). The number of fused-ring (bicyclic) bond motifs is 15. The first-order chi connectivity index (χ1) is 53.0. The molecule has 0 amide bonds. The second-order valence-electron chi connectivity index (χ2n) is 26.9. The first-order valence-corrected chi connectivity index (χ1v) is 38.2. The van der Waals surface area contributed by atoms with Crippen LogP contribution in [0.15, 0.2) is 352 Å². The molecule has 107 heavy (non-hydrogen) atoms. The summed E-state index contributed by atoms with van der Waals surface area (Å²) >= 11 is 5.55. The van der Waals surface area contributed by atoms with Crippen LogP contribution in [0.5, 0.6) is 0 Å². The van der Waals surface area contributed by atoms with E-state index < -0.39 is 0 Å². The number of hydrogen-bond donors (Lipinski definition) is 0. The molecule has 22 aromatic rings. The molecule has 0 N–H and O–H groups in total. The second kappa shape index (κ2) is 25.8. The van der Waals surface area contributed by atoms with Gasteiger partial charge >= 0.3 is 0 Å². The molecule has 0 unspecified atom stereocenters. The lowest BCUT2D eigenvalue weighted by molar-refractivity contribution is 1.07. The normalized spacial score (nSPS) is 11.7. The summed E-state index contributed by atoms with van der Waals surface area (Å²) in [5, 5.41) is 12.6. The molecular formula is C96H58N8S3. The van der Waals surface area contributed by atoms with E-state index in [9.17, 15) is 0 Å². The predicted octanol–water partition coefficient (Wildman–Crippen LogP) is 26.4. The Kier molecular flexibility index (Phi) is 15.0. The molecule has 15 aromatic carbocycles. The summed E-state index contributed by atoms with van der Waals surface area (Å²) in [6.07, 6.45) is 0. The van der Waals surface area contributed by atoms with Gasteiger partial charge in [-0.1, -0.05) is 231 Å². The molecule has 0 bridgehead atoms. The number of nitrogens with zero attached hydrogens (tertiary/aromatic N) is 8. The molecule has 0 aliphatic carbocycles. The summed E-state index contributed by atoms with van der Waals surface area (Å²) in [6.45, 7) is 0. The Balaban J connectivity index is 0.000000138. The van der Waals surface area contributed by atoms with Gasteiger partial charge in [-0.15, -0.1) is 34.0 Å². The van der Waals surface area contributed by atoms with E-state index in [1.54, 1.807) is 0 Å². The lowest BCUT2D eigenvalue weighted by Gasteiger charge is -2.11. The molecule has 0 saturated carbocycles. The van der Waals surface area contributed by atoms with Gasteiger partial charge in [0.2, 0.25) is 0 Å². The van der Waals surface area contributed by atoms with E-state index in [1.165, 1.54) is 126 Å². The van der Waals surface area contributed by atoms with Crippen molar-refractivity contribution < 1.29 is 0 Å². The van der Waals surface area contributed by atoms with Gasteiger partial charge in [0, 0.05) is 127 Å². The van der Waals surface area contributed by atoms with Crippen molar-refractivity contribution in [3.63, 3.8) is 0 Å². The van der Waals surface area contributed by atoms with Crippen molar-refractivity contribution in [1.29, 1.82) is 0 Å². The van der Waals surface area contributed by atoms with Crippen molar-refractivity contribution in [3.8, 4) is 102 Å². The van der Waals surface area contributed by atoms with E-state index in [0.717, 1.165) is 44.8 Å². The van der Waals surface area contributed by atoms with Crippen LogP contribution in [0.1, 0.15) is 0 Å². The third-order valence-electron chi connectivity index (χ3n) is 20.5. The van der Waals surface area contributed by atoms with Gasteiger partial charge in [0.15, 0.2) is 34.9 Å². The van der Waals surface area contributed by atoms with Gasteiger partial charge in [-0.2, -0.15) is 0 Å². The lowest BCUT2D eigenvalue weighted by atomic mass is 10.0. The van der Waals surface area contributed by atoms with Gasteiger partial charge in [0.1, 0.15) is 0 Å². The third kappa shape index (κ3) is 10.9. The molecule has 0 fully saturated rings. The number of aromatic nitrogens is 8. The van der Waals surface area contributed by atoms with Crippen molar-refractivity contribution in [3.05, 3.63) is 352 Å². The van der Waals surface area contributed by atoms with E-state index in [4.69, 9.17) is 29.9 Å². The van der Waals surface area contributed by atoms with Gasteiger partial charge in [-0.05, 0) is 144 Å². The van der Waals surface area contributed by atoms with Crippen LogP contribution < -0.4 is 0 Å². The topological polar surface area (TPSA) is 87.2 Å². The maximum Gasteiger partial charge on any atom is 0.164 e. The molecular weight excluding hydrogens is 1360 g/mol. The van der Waals surface area contributed by atoms with Crippen LogP contribution in [0.4, 0.5) is 0 Å². The summed E-state index contributed by atoms with van der Waals surface area (Å²) < 4.78 is 12.6. The van der Waals surface area contributed by atoms with Crippen LogP contribution in [0.25, 0.3) is 206 Å². The van der Waals surface area contributed by atoms with Crippen molar-refractivity contribution in [1.82, 2.24) is 39.0 Å². The fraction of sp³-hybridized carbons (Fsp3) is 0. The number of benzene rings is 15. The zero-order valence-corrected chi connectivity index (χ0v) is 59.7. The Morgan fingerprint density at radius 2 is 0.495 bits per heavy atom. The maximum atomic E-state index is 5.03. The molecule has 11 heteroatoms. The van der Waals surface area contributed by atoms with Crippen LogP contribution >= 0.6 is 34.0 Å². The number of rotatable bonds is 10. The van der Waals surface area contributed by atoms with Crippen molar-refractivity contribution in [2.75, 3.05) is 0 Å². The van der Waals surface area contributed by atoms with E-state index >= 15 is 0 Å². The average Bonchev–Trinajstić information content (AvgIpc) is 1.59. The van der Waals surface area contributed by atoms with Crippen LogP contribution in [0, 0.1) is 0 Å². The predicted molar refractivity (Wildman–Crippen MR) is 450 cm³/mol. The van der Waals surface area contributed by atoms with Crippen LogP contribution in [0.2, 0.25) is 0 Å². The van der Waals surface area contributed by atoms with Crippen molar-refractivity contribution >= 4 is 138 Å². The highest BCUT2D eigenvalue weighted by Crippen LogP contribution is 2.45. The summed E-state index contributed by atoms with van der Waals surface area (Å²) in [4.78, 5) is 29.7. The summed E-state index contributed by atoms with van der Waals surface area (Å²) in [6, 6.07) is 125. The van der Waals surface area contributed by atoms with Crippen molar-refractivity contribution in [2.45, 2.75) is 0 Å². The van der Waals surface area contributed by atoms with E-state index in [1.807, 2.05) is 155 Å². The second-order valence-corrected chi connectivity index (χ2v) is 30.1. The number of thiophene rings is 3. The SMILES string of the molecule is c1ccc(-c2nc(-c3ccccc3)nc(-c3ccc(-n4c5ccccc5c5cc(-c6cccc7c6sc6ccccc67)ccc54)cc3)n2)cc1.c1ccc(-c2nc(-c3ccccc3)nc(-c3ccc4sc5ccc(-n6c7ccccc7c7cc(-c8ccc9sc%10ccccc%10c9c8)ccc76)cc5c4c3)n2)cc1. The molecule has 0 aliphatic heterocycles. The summed E-state index contributed by atoms with van der Waals surface area (Å²) in [5.74, 6) is 3.93. The number of hydrogen-bond acceptors (Lipinski definition) is 9. The van der Waals surface area contributed by atoms with Crippen LogP contribution in [-0.2, 0) is 0 Å². The highest BCUT2D eigenvalue weighted by Gasteiger charge is 2.21. The van der Waals surface area contributed by atoms with Crippen molar-refractivity contribution in [2.24, 2.45) is 0 Å². The van der Waals surface area contributed by atoms with Gasteiger partial charge in [0.05, 0.1) is 22.1 Å². The van der Waals surface area contributed by atoms with E-state index in [0.29, 0.717) is 34.9 Å². The van der Waals surface area contributed by atoms with E-state index in [2.05, 4.69) is 240 Å². The highest BCUT2D eigenvalue weighted by molar-refractivity contribution is 7.27. The molecule has 0 aliphatic rings. The fourth-order valence-corrected chi connectivity index (χ4v) is 18.8. The quantitative estimate of drug-likeness (QED) is 0.136. The monoisotopic (exact) mass is 1420 g/mol. The minimum Gasteiger partial charge on any atom is -0.309 e. The number of para-hydroxylation sites is 2. The molecule has 500 valence electrons. The van der Waals surface area contributed by atoms with Gasteiger partial charge in [-0.25, -0.2) is 29.9 Å². The van der Waals surface area contributed by atoms with Crippen LogP contribution in [0.3, 0.4) is 0 Å². The molecule has 8 nitrogen and oxygen atoms in total. The summed E-state index contributed by atoms with van der Waals surface area (Å²) in [5.41, 5.74) is 17.6. The molecule has 0 radical (unpaired) electrons. The fourth-order valence-electron chi connectivity index (χ4n) is 15.4. The Morgan fingerprint density at radius 1 is 0.178 bits per heavy atom. The molecule has 0 saturated heterocycles. The van der Waals surface area contributed by atoms with Gasteiger partial charge < -0.3 is 9.13 Å².